The number of hydrogen-bond acceptors (Lipinski definition) is 3. The number of imidazole rings is 1. The Bertz CT molecular complexity index is 1250. The molecule has 1 atom stereocenters. The highest BCUT2D eigenvalue weighted by atomic mass is 79.9. The van der Waals surface area contributed by atoms with Crippen LogP contribution in [0.2, 0.25) is 5.02 Å². The topological polar surface area (TPSA) is 64.3 Å². The molecule has 0 bridgehead atoms. The molecule has 0 radical (unpaired) electrons. The normalized spacial score (nSPS) is 14.2. The summed E-state index contributed by atoms with van der Waals surface area (Å²) in [7, 11) is 1.62. The SMILES string of the molecule is C[C@@H](CC(=O)c1c2n(c(=O)n1C)CCN(C(=O)c1ccc(Br)c(Cl)c1)C2)c1ccccc1. The van der Waals surface area contributed by atoms with Crippen molar-refractivity contribution in [3.05, 3.63) is 91.0 Å². The van der Waals surface area contributed by atoms with Crippen LogP contribution in [0.5, 0.6) is 0 Å². The standard InChI is InChI=1S/C24H23BrClN3O3/c1-15(16-6-4-3-5-7-16)12-21(30)22-20-14-28(10-11-29(20)24(32)27(22)2)23(31)17-8-9-18(25)19(26)13-17/h3-9,13,15H,10-12,14H2,1-2H3/t15-/m0/s1. The lowest BCUT2D eigenvalue weighted by molar-refractivity contribution is 0.0706. The molecule has 8 heteroatoms. The molecular weight excluding hydrogens is 494 g/mol. The van der Waals surface area contributed by atoms with Gasteiger partial charge in [0.2, 0.25) is 0 Å². The fourth-order valence-electron chi connectivity index (χ4n) is 4.19. The van der Waals surface area contributed by atoms with Gasteiger partial charge in [-0.3, -0.25) is 18.7 Å². The molecule has 0 N–H and O–H groups in total. The Kier molecular flexibility index (Phi) is 6.40. The number of carbonyl (C=O) groups excluding carboxylic acids is 2. The van der Waals surface area contributed by atoms with Gasteiger partial charge < -0.3 is 4.90 Å². The van der Waals surface area contributed by atoms with Crippen LogP contribution in [0.3, 0.4) is 0 Å². The molecule has 0 aliphatic carbocycles. The Morgan fingerprint density at radius 1 is 1.12 bits per heavy atom. The van der Waals surface area contributed by atoms with E-state index < -0.39 is 0 Å². The molecule has 0 saturated carbocycles. The summed E-state index contributed by atoms with van der Waals surface area (Å²) in [5.41, 5.74) is 2.28. The minimum absolute atomic E-state index is 0.0144. The van der Waals surface area contributed by atoms with Crippen LogP contribution in [0, 0.1) is 0 Å². The number of halogens is 2. The number of ketones is 1. The monoisotopic (exact) mass is 515 g/mol. The van der Waals surface area contributed by atoms with Crippen LogP contribution in [0.1, 0.15) is 51.4 Å². The van der Waals surface area contributed by atoms with Crippen LogP contribution in [-0.2, 0) is 20.1 Å². The van der Waals surface area contributed by atoms with E-state index in [1.165, 1.54) is 4.57 Å². The zero-order valence-electron chi connectivity index (χ0n) is 17.8. The maximum atomic E-state index is 13.3. The van der Waals surface area contributed by atoms with Crippen molar-refractivity contribution in [1.29, 1.82) is 0 Å². The first-order valence-corrected chi connectivity index (χ1v) is 11.6. The van der Waals surface area contributed by atoms with E-state index in [-0.39, 0.29) is 36.3 Å². The summed E-state index contributed by atoms with van der Waals surface area (Å²) in [4.78, 5) is 40.8. The summed E-state index contributed by atoms with van der Waals surface area (Å²) >= 11 is 9.49. The summed E-state index contributed by atoms with van der Waals surface area (Å²) < 4.78 is 3.74. The second-order valence-corrected chi connectivity index (χ2v) is 9.34. The molecule has 4 rings (SSSR count). The minimum Gasteiger partial charge on any atom is -0.331 e. The van der Waals surface area contributed by atoms with Crippen molar-refractivity contribution < 1.29 is 9.59 Å². The molecule has 0 spiro atoms. The Balaban J connectivity index is 1.61. The molecule has 6 nitrogen and oxygen atoms in total. The van der Waals surface area contributed by atoms with E-state index in [1.54, 1.807) is 34.7 Å². The number of Topliss-reactive ketones (excluding diaryl/α,β-unsaturated/α-hetero) is 1. The molecule has 3 aromatic rings. The first kappa shape index (κ1) is 22.6. The van der Waals surface area contributed by atoms with E-state index in [1.807, 2.05) is 37.3 Å². The fourth-order valence-corrected chi connectivity index (χ4v) is 4.62. The zero-order valence-corrected chi connectivity index (χ0v) is 20.2. The lowest BCUT2D eigenvalue weighted by Crippen LogP contribution is -2.41. The Morgan fingerprint density at radius 3 is 2.53 bits per heavy atom. The second kappa shape index (κ2) is 9.08. The number of benzene rings is 2. The molecule has 1 aliphatic heterocycles. The summed E-state index contributed by atoms with van der Waals surface area (Å²) in [6, 6.07) is 14.9. The molecule has 1 amide bonds. The molecule has 0 saturated heterocycles. The van der Waals surface area contributed by atoms with Gasteiger partial charge in [0.25, 0.3) is 5.91 Å². The van der Waals surface area contributed by atoms with Gasteiger partial charge in [-0.15, -0.1) is 0 Å². The fraction of sp³-hybridized carbons (Fsp3) is 0.292. The predicted molar refractivity (Wildman–Crippen MR) is 127 cm³/mol. The molecular formula is C24H23BrClN3O3. The average molecular weight is 517 g/mol. The van der Waals surface area contributed by atoms with Crippen molar-refractivity contribution in [1.82, 2.24) is 14.0 Å². The molecule has 2 aromatic carbocycles. The zero-order chi connectivity index (χ0) is 23.0. The summed E-state index contributed by atoms with van der Waals surface area (Å²) in [5, 5.41) is 0.454. The van der Waals surface area contributed by atoms with Gasteiger partial charge in [-0.1, -0.05) is 48.9 Å². The smallest absolute Gasteiger partial charge is 0.328 e. The molecule has 166 valence electrons. The molecule has 1 aliphatic rings. The van der Waals surface area contributed by atoms with Crippen LogP contribution < -0.4 is 5.69 Å². The first-order chi connectivity index (χ1) is 15.3. The second-order valence-electron chi connectivity index (χ2n) is 8.08. The number of carbonyl (C=O) groups is 2. The average Bonchev–Trinajstić information content (AvgIpc) is 3.05. The number of amides is 1. The predicted octanol–water partition coefficient (Wildman–Crippen LogP) is 4.64. The van der Waals surface area contributed by atoms with Gasteiger partial charge >= 0.3 is 5.69 Å². The highest BCUT2D eigenvalue weighted by molar-refractivity contribution is 9.10. The number of aromatic nitrogens is 2. The summed E-state index contributed by atoms with van der Waals surface area (Å²) in [6.07, 6.45) is 0.282. The van der Waals surface area contributed by atoms with E-state index in [4.69, 9.17) is 11.6 Å². The highest BCUT2D eigenvalue weighted by Crippen LogP contribution is 2.26. The number of hydrogen-bond donors (Lipinski definition) is 0. The van der Waals surface area contributed by atoms with Crippen molar-refractivity contribution in [2.24, 2.45) is 7.05 Å². The van der Waals surface area contributed by atoms with E-state index in [0.717, 1.165) is 5.56 Å². The van der Waals surface area contributed by atoms with Crippen LogP contribution >= 0.6 is 27.5 Å². The maximum absolute atomic E-state index is 13.3. The maximum Gasteiger partial charge on any atom is 0.328 e. The summed E-state index contributed by atoms with van der Waals surface area (Å²) in [6.45, 7) is 2.93. The minimum atomic E-state index is -0.227. The van der Waals surface area contributed by atoms with Gasteiger partial charge in [0.05, 0.1) is 17.3 Å². The van der Waals surface area contributed by atoms with Gasteiger partial charge in [-0.25, -0.2) is 4.79 Å². The van der Waals surface area contributed by atoms with Gasteiger partial charge in [0.15, 0.2) is 5.78 Å². The third-order valence-corrected chi connectivity index (χ3v) is 7.20. The molecule has 0 unspecified atom stereocenters. The van der Waals surface area contributed by atoms with Crippen molar-refractivity contribution >= 4 is 39.2 Å². The Morgan fingerprint density at radius 2 is 1.84 bits per heavy atom. The number of fused-ring (bicyclic) bond motifs is 1. The largest absolute Gasteiger partial charge is 0.331 e. The van der Waals surface area contributed by atoms with Crippen molar-refractivity contribution in [3.63, 3.8) is 0 Å². The lowest BCUT2D eigenvalue weighted by atomic mass is 9.94. The molecule has 1 aromatic heterocycles. The lowest BCUT2D eigenvalue weighted by Gasteiger charge is -2.28. The van der Waals surface area contributed by atoms with Crippen LogP contribution in [0.15, 0.2) is 57.8 Å². The highest BCUT2D eigenvalue weighted by Gasteiger charge is 2.31. The molecule has 0 fully saturated rings. The third kappa shape index (κ3) is 4.19. The quantitative estimate of drug-likeness (QED) is 0.464. The Labute approximate surface area is 199 Å². The van der Waals surface area contributed by atoms with E-state index in [2.05, 4.69) is 15.9 Å². The van der Waals surface area contributed by atoms with Gasteiger partial charge in [-0.05, 0) is 45.6 Å². The third-order valence-electron chi connectivity index (χ3n) is 5.96. The van der Waals surface area contributed by atoms with E-state index >= 15 is 0 Å². The number of rotatable bonds is 5. The van der Waals surface area contributed by atoms with Gasteiger partial charge in [0, 0.05) is 36.6 Å². The molecule has 2 heterocycles. The number of nitrogens with zero attached hydrogens (tertiary/aromatic N) is 3. The van der Waals surface area contributed by atoms with E-state index in [0.29, 0.717) is 39.5 Å². The van der Waals surface area contributed by atoms with Crippen LogP contribution in [-0.4, -0.2) is 32.3 Å². The van der Waals surface area contributed by atoms with Crippen LogP contribution in [0.4, 0.5) is 0 Å². The van der Waals surface area contributed by atoms with Gasteiger partial charge in [-0.2, -0.15) is 0 Å². The van der Waals surface area contributed by atoms with Crippen LogP contribution in [0.25, 0.3) is 0 Å². The molecule has 32 heavy (non-hydrogen) atoms. The Hall–Kier alpha value is -2.64. The van der Waals surface area contributed by atoms with Crippen molar-refractivity contribution in [2.75, 3.05) is 6.54 Å². The van der Waals surface area contributed by atoms with E-state index in [9.17, 15) is 14.4 Å². The van der Waals surface area contributed by atoms with Crippen molar-refractivity contribution in [3.8, 4) is 0 Å². The van der Waals surface area contributed by atoms with Crippen molar-refractivity contribution in [2.45, 2.75) is 32.4 Å². The van der Waals surface area contributed by atoms with Gasteiger partial charge in [0.1, 0.15) is 5.69 Å². The summed E-state index contributed by atoms with van der Waals surface area (Å²) in [5.74, 6) is -0.269. The first-order valence-electron chi connectivity index (χ1n) is 10.4.